The molecule has 2 aliphatic rings. The molecule has 3 atom stereocenters. The Morgan fingerprint density at radius 1 is 1.45 bits per heavy atom. The molecule has 0 amide bonds. The second-order valence-corrected chi connectivity index (χ2v) is 4.70. The fraction of sp³-hybridized carbons (Fsp3) is 1.00. The van der Waals surface area contributed by atoms with Crippen LogP contribution < -0.4 is 0 Å². The van der Waals surface area contributed by atoms with Gasteiger partial charge in [-0.15, -0.1) is 0 Å². The number of hydrogen-bond donors (Lipinski definition) is 0. The van der Waals surface area contributed by atoms with E-state index in [0.29, 0.717) is 11.7 Å². The van der Waals surface area contributed by atoms with E-state index in [4.69, 9.17) is 4.74 Å². The number of ether oxygens (including phenoxy) is 1. The van der Waals surface area contributed by atoms with Crippen molar-refractivity contribution in [2.24, 2.45) is 11.8 Å². The van der Waals surface area contributed by atoms with E-state index in [-0.39, 0.29) is 0 Å². The third-order valence-corrected chi connectivity index (χ3v) is 3.51. The van der Waals surface area contributed by atoms with Crippen molar-refractivity contribution >= 4 is 0 Å². The van der Waals surface area contributed by atoms with E-state index in [1.165, 1.54) is 19.3 Å². The summed E-state index contributed by atoms with van der Waals surface area (Å²) < 4.78 is 5.65. The molecule has 64 valence electrons. The second-order valence-electron chi connectivity index (χ2n) is 4.70. The van der Waals surface area contributed by atoms with E-state index in [2.05, 4.69) is 20.8 Å². The maximum absolute atomic E-state index is 5.65. The molecule has 1 aliphatic carbocycles. The van der Waals surface area contributed by atoms with Gasteiger partial charge in [-0.05, 0) is 38.0 Å². The highest BCUT2D eigenvalue weighted by Crippen LogP contribution is 2.50. The Morgan fingerprint density at radius 2 is 2.18 bits per heavy atom. The second kappa shape index (κ2) is 2.22. The van der Waals surface area contributed by atoms with Gasteiger partial charge in [-0.2, -0.15) is 0 Å². The molecule has 2 fully saturated rings. The van der Waals surface area contributed by atoms with Crippen LogP contribution >= 0.6 is 0 Å². The van der Waals surface area contributed by atoms with Crippen LogP contribution in [0.1, 0.15) is 40.0 Å². The van der Waals surface area contributed by atoms with E-state index >= 15 is 0 Å². The Labute approximate surface area is 69.1 Å². The molecule has 0 aromatic heterocycles. The first kappa shape index (κ1) is 7.60. The van der Waals surface area contributed by atoms with Gasteiger partial charge in [-0.1, -0.05) is 13.8 Å². The average molecular weight is 154 g/mol. The van der Waals surface area contributed by atoms with Crippen molar-refractivity contribution in [3.05, 3.63) is 0 Å². The lowest BCUT2D eigenvalue weighted by Crippen LogP contribution is -2.24. The topological polar surface area (TPSA) is 12.5 Å². The first-order chi connectivity index (χ1) is 5.12. The zero-order valence-corrected chi connectivity index (χ0v) is 7.76. The molecule has 0 radical (unpaired) electrons. The van der Waals surface area contributed by atoms with Crippen LogP contribution in [-0.4, -0.2) is 11.7 Å². The quantitative estimate of drug-likeness (QED) is 0.529. The minimum absolute atomic E-state index is 0.311. The van der Waals surface area contributed by atoms with Crippen LogP contribution in [0.3, 0.4) is 0 Å². The molecule has 3 unspecified atom stereocenters. The van der Waals surface area contributed by atoms with Gasteiger partial charge in [0.05, 0.1) is 11.7 Å². The molecular weight excluding hydrogens is 136 g/mol. The van der Waals surface area contributed by atoms with E-state index < -0.39 is 0 Å². The van der Waals surface area contributed by atoms with E-state index in [0.717, 1.165) is 11.8 Å². The number of fused-ring (bicyclic) bond motifs is 1. The van der Waals surface area contributed by atoms with E-state index in [1.807, 2.05) is 0 Å². The summed E-state index contributed by atoms with van der Waals surface area (Å²) in [6.45, 7) is 6.92. The summed E-state index contributed by atoms with van der Waals surface area (Å²) in [6, 6.07) is 0. The summed E-state index contributed by atoms with van der Waals surface area (Å²) in [5.41, 5.74) is 0.311. The van der Waals surface area contributed by atoms with Gasteiger partial charge in [-0.25, -0.2) is 0 Å². The standard InChI is InChI=1S/C10H18O/c1-7(2)8-4-5-10(3)9(6-8)11-10/h7-9H,4-6H2,1-3H3. The predicted octanol–water partition coefficient (Wildman–Crippen LogP) is 2.60. The van der Waals surface area contributed by atoms with Crippen LogP contribution in [0.25, 0.3) is 0 Å². The van der Waals surface area contributed by atoms with Gasteiger partial charge in [0.1, 0.15) is 0 Å². The summed E-state index contributed by atoms with van der Waals surface area (Å²) in [5.74, 6) is 1.78. The fourth-order valence-electron chi connectivity index (χ4n) is 2.28. The molecular formula is C10H18O. The van der Waals surface area contributed by atoms with Gasteiger partial charge in [0, 0.05) is 0 Å². The third-order valence-electron chi connectivity index (χ3n) is 3.51. The largest absolute Gasteiger partial charge is 0.366 e. The monoisotopic (exact) mass is 154 g/mol. The summed E-state index contributed by atoms with van der Waals surface area (Å²) in [5, 5.41) is 0. The lowest BCUT2D eigenvalue weighted by molar-refractivity contribution is 0.275. The highest BCUT2D eigenvalue weighted by Gasteiger charge is 2.55. The maximum atomic E-state index is 5.65. The van der Waals surface area contributed by atoms with Crippen LogP contribution in [0, 0.1) is 11.8 Å². The lowest BCUT2D eigenvalue weighted by Gasteiger charge is -2.25. The number of hydrogen-bond acceptors (Lipinski definition) is 1. The van der Waals surface area contributed by atoms with E-state index in [9.17, 15) is 0 Å². The normalized spacial score (nSPS) is 49.1. The molecule has 11 heavy (non-hydrogen) atoms. The van der Waals surface area contributed by atoms with E-state index in [1.54, 1.807) is 0 Å². The number of rotatable bonds is 1. The summed E-state index contributed by atoms with van der Waals surface area (Å²) >= 11 is 0. The third kappa shape index (κ3) is 1.20. The first-order valence-electron chi connectivity index (χ1n) is 4.79. The highest BCUT2D eigenvalue weighted by molar-refractivity contribution is 5.03. The van der Waals surface area contributed by atoms with Crippen LogP contribution in [0.15, 0.2) is 0 Å². The SMILES string of the molecule is CC(C)C1CCC2(C)OC2C1. The first-order valence-corrected chi connectivity index (χ1v) is 4.79. The maximum Gasteiger partial charge on any atom is 0.0920 e. The molecule has 1 heterocycles. The Balaban J connectivity index is 1.93. The Hall–Kier alpha value is -0.0400. The van der Waals surface area contributed by atoms with Crippen molar-refractivity contribution in [2.75, 3.05) is 0 Å². The molecule has 1 nitrogen and oxygen atoms in total. The van der Waals surface area contributed by atoms with Crippen LogP contribution in [0.2, 0.25) is 0 Å². The van der Waals surface area contributed by atoms with Crippen molar-refractivity contribution in [1.29, 1.82) is 0 Å². The van der Waals surface area contributed by atoms with Crippen LogP contribution in [-0.2, 0) is 4.74 Å². The number of epoxide rings is 1. The molecule has 0 N–H and O–H groups in total. The Morgan fingerprint density at radius 3 is 2.73 bits per heavy atom. The minimum Gasteiger partial charge on any atom is -0.366 e. The fourth-order valence-corrected chi connectivity index (χ4v) is 2.28. The van der Waals surface area contributed by atoms with Crippen molar-refractivity contribution in [1.82, 2.24) is 0 Å². The molecule has 0 aromatic rings. The molecule has 1 saturated carbocycles. The molecule has 1 aliphatic heterocycles. The lowest BCUT2D eigenvalue weighted by atomic mass is 9.78. The zero-order valence-electron chi connectivity index (χ0n) is 7.76. The van der Waals surface area contributed by atoms with Gasteiger partial charge in [-0.3, -0.25) is 0 Å². The van der Waals surface area contributed by atoms with Crippen molar-refractivity contribution in [3.8, 4) is 0 Å². The van der Waals surface area contributed by atoms with Gasteiger partial charge in [0.25, 0.3) is 0 Å². The van der Waals surface area contributed by atoms with Gasteiger partial charge < -0.3 is 4.74 Å². The van der Waals surface area contributed by atoms with Crippen LogP contribution in [0.4, 0.5) is 0 Å². The highest BCUT2D eigenvalue weighted by atomic mass is 16.6. The summed E-state index contributed by atoms with van der Waals surface area (Å²) in [6.07, 6.45) is 4.60. The molecule has 0 spiro atoms. The molecule has 0 aromatic carbocycles. The minimum atomic E-state index is 0.311. The molecule has 0 bridgehead atoms. The Kier molecular flexibility index (Phi) is 1.54. The Bertz CT molecular complexity index is 164. The van der Waals surface area contributed by atoms with Crippen LogP contribution in [0.5, 0.6) is 0 Å². The smallest absolute Gasteiger partial charge is 0.0920 e. The van der Waals surface area contributed by atoms with Crippen molar-refractivity contribution < 1.29 is 4.74 Å². The predicted molar refractivity (Wildman–Crippen MR) is 45.5 cm³/mol. The molecule has 1 heteroatoms. The summed E-state index contributed by atoms with van der Waals surface area (Å²) in [4.78, 5) is 0. The van der Waals surface area contributed by atoms with Gasteiger partial charge in [0.2, 0.25) is 0 Å². The zero-order chi connectivity index (χ0) is 8.06. The average Bonchev–Trinajstić information content (AvgIpc) is 2.58. The molecule has 2 rings (SSSR count). The van der Waals surface area contributed by atoms with Crippen molar-refractivity contribution in [3.63, 3.8) is 0 Å². The van der Waals surface area contributed by atoms with Crippen molar-refractivity contribution in [2.45, 2.75) is 51.7 Å². The molecule has 1 saturated heterocycles. The van der Waals surface area contributed by atoms with Gasteiger partial charge in [0.15, 0.2) is 0 Å². The summed E-state index contributed by atoms with van der Waals surface area (Å²) in [7, 11) is 0. The van der Waals surface area contributed by atoms with Gasteiger partial charge >= 0.3 is 0 Å².